The number of methoxy groups -OCH3 is 1. The highest BCUT2D eigenvalue weighted by Crippen LogP contribution is 2.09. The van der Waals surface area contributed by atoms with Crippen LogP contribution in [0.1, 0.15) is 11.5 Å². The number of nitrogens with zero attached hydrogens (tertiary/aromatic N) is 4. The number of aromatic nitrogens is 3. The molecule has 0 aliphatic heterocycles. The second kappa shape index (κ2) is 5.17. The summed E-state index contributed by atoms with van der Waals surface area (Å²) in [5.41, 5.74) is 6.31. The van der Waals surface area contributed by atoms with Crippen LogP contribution in [0.4, 0.5) is 0 Å². The monoisotopic (exact) mass is 247 g/mol. The van der Waals surface area contributed by atoms with Gasteiger partial charge in [0.15, 0.2) is 5.82 Å². The summed E-state index contributed by atoms with van der Waals surface area (Å²) in [4.78, 5) is 8.29. The van der Waals surface area contributed by atoms with Gasteiger partial charge in [0.25, 0.3) is 0 Å². The summed E-state index contributed by atoms with van der Waals surface area (Å²) in [5, 5.41) is 11.6. The summed E-state index contributed by atoms with van der Waals surface area (Å²) in [5.74, 6) is 0.892. The maximum absolute atomic E-state index is 8.65. The quantitative estimate of drug-likeness (QED) is 0.353. The van der Waals surface area contributed by atoms with Crippen LogP contribution in [0.15, 0.2) is 35.7 Å². The van der Waals surface area contributed by atoms with Gasteiger partial charge in [-0.1, -0.05) is 11.2 Å². The number of pyridine rings is 1. The predicted molar refractivity (Wildman–Crippen MR) is 64.6 cm³/mol. The molecule has 7 heteroatoms. The molecule has 0 saturated heterocycles. The summed E-state index contributed by atoms with van der Waals surface area (Å²) < 4.78 is 6.78. The van der Waals surface area contributed by atoms with Crippen molar-refractivity contribution >= 4 is 5.84 Å². The van der Waals surface area contributed by atoms with Gasteiger partial charge in [-0.25, -0.2) is 9.97 Å². The first-order valence-electron chi connectivity index (χ1n) is 5.23. The molecule has 0 radical (unpaired) electrons. The SMILES string of the molecule is COc1cccc(Cn2ccnc2C(N)=NO)n1. The van der Waals surface area contributed by atoms with E-state index in [0.29, 0.717) is 18.2 Å². The van der Waals surface area contributed by atoms with Crippen LogP contribution in [-0.2, 0) is 6.54 Å². The molecule has 0 aliphatic carbocycles. The maximum Gasteiger partial charge on any atom is 0.213 e. The number of hydrogen-bond donors (Lipinski definition) is 2. The average molecular weight is 247 g/mol. The second-order valence-electron chi connectivity index (χ2n) is 3.54. The van der Waals surface area contributed by atoms with E-state index < -0.39 is 0 Å². The fourth-order valence-electron chi connectivity index (χ4n) is 1.55. The van der Waals surface area contributed by atoms with Crippen LogP contribution in [0.25, 0.3) is 0 Å². The molecular formula is C11H13N5O2. The van der Waals surface area contributed by atoms with Crippen LogP contribution >= 0.6 is 0 Å². The van der Waals surface area contributed by atoms with Gasteiger partial charge in [0.2, 0.25) is 11.7 Å². The first-order chi connectivity index (χ1) is 8.74. The Kier molecular flexibility index (Phi) is 3.42. The Labute approximate surface area is 104 Å². The van der Waals surface area contributed by atoms with Gasteiger partial charge in [-0.2, -0.15) is 0 Å². The van der Waals surface area contributed by atoms with Crippen molar-refractivity contribution in [3.8, 4) is 5.88 Å². The first kappa shape index (κ1) is 11.9. The van der Waals surface area contributed by atoms with Crippen LogP contribution < -0.4 is 10.5 Å². The molecule has 2 aromatic heterocycles. The van der Waals surface area contributed by atoms with Crippen molar-refractivity contribution in [1.29, 1.82) is 0 Å². The van der Waals surface area contributed by atoms with Gasteiger partial charge in [-0.05, 0) is 6.07 Å². The third-order valence-corrected chi connectivity index (χ3v) is 2.38. The Morgan fingerprint density at radius 1 is 1.56 bits per heavy atom. The van der Waals surface area contributed by atoms with Gasteiger partial charge < -0.3 is 20.2 Å². The zero-order chi connectivity index (χ0) is 13.0. The number of hydrogen-bond acceptors (Lipinski definition) is 5. The largest absolute Gasteiger partial charge is 0.481 e. The van der Waals surface area contributed by atoms with Crippen molar-refractivity contribution in [2.75, 3.05) is 7.11 Å². The van der Waals surface area contributed by atoms with Crippen molar-refractivity contribution < 1.29 is 9.94 Å². The third kappa shape index (κ3) is 2.40. The third-order valence-electron chi connectivity index (χ3n) is 2.38. The summed E-state index contributed by atoms with van der Waals surface area (Å²) >= 11 is 0. The highest BCUT2D eigenvalue weighted by Gasteiger charge is 2.08. The lowest BCUT2D eigenvalue weighted by atomic mass is 10.3. The number of rotatable bonds is 4. The molecule has 0 bridgehead atoms. The van der Waals surface area contributed by atoms with E-state index in [9.17, 15) is 0 Å². The van der Waals surface area contributed by atoms with E-state index in [1.807, 2.05) is 12.1 Å². The molecular weight excluding hydrogens is 234 g/mol. The van der Waals surface area contributed by atoms with Crippen LogP contribution in [0.3, 0.4) is 0 Å². The topological polar surface area (TPSA) is 98.6 Å². The minimum Gasteiger partial charge on any atom is -0.481 e. The summed E-state index contributed by atoms with van der Waals surface area (Å²) in [6, 6.07) is 5.47. The minimum atomic E-state index is -0.0390. The van der Waals surface area contributed by atoms with Crippen LogP contribution in [0.5, 0.6) is 5.88 Å². The molecule has 0 atom stereocenters. The molecule has 3 N–H and O–H groups in total. The van der Waals surface area contributed by atoms with Crippen molar-refractivity contribution in [2.45, 2.75) is 6.54 Å². The fraction of sp³-hybridized carbons (Fsp3) is 0.182. The molecule has 0 aliphatic rings. The molecule has 2 heterocycles. The molecule has 94 valence electrons. The van der Waals surface area contributed by atoms with Gasteiger partial charge >= 0.3 is 0 Å². The molecule has 0 saturated carbocycles. The van der Waals surface area contributed by atoms with Gasteiger partial charge in [0.05, 0.1) is 19.3 Å². The van der Waals surface area contributed by atoms with E-state index in [1.165, 1.54) is 0 Å². The number of ether oxygens (including phenoxy) is 1. The number of oxime groups is 1. The van der Waals surface area contributed by atoms with Gasteiger partial charge in [-0.3, -0.25) is 0 Å². The van der Waals surface area contributed by atoms with E-state index in [2.05, 4.69) is 15.1 Å². The lowest BCUT2D eigenvalue weighted by Gasteiger charge is -2.07. The average Bonchev–Trinajstić information content (AvgIpc) is 2.86. The zero-order valence-corrected chi connectivity index (χ0v) is 9.82. The van der Waals surface area contributed by atoms with Crippen LogP contribution in [-0.4, -0.2) is 32.7 Å². The smallest absolute Gasteiger partial charge is 0.213 e. The van der Waals surface area contributed by atoms with Crippen LogP contribution in [0, 0.1) is 0 Å². The normalized spacial score (nSPS) is 11.5. The summed E-state index contributed by atoms with van der Waals surface area (Å²) in [6.07, 6.45) is 3.31. The molecule has 2 aromatic rings. The Morgan fingerprint density at radius 3 is 3.11 bits per heavy atom. The van der Waals surface area contributed by atoms with Crippen molar-refractivity contribution in [1.82, 2.24) is 14.5 Å². The standard InChI is InChI=1S/C11H13N5O2/c1-18-9-4-2-3-8(14-9)7-16-6-5-13-11(16)10(12)15-17/h2-6,17H,7H2,1H3,(H2,12,15). The highest BCUT2D eigenvalue weighted by molar-refractivity contribution is 5.93. The number of amidine groups is 1. The molecule has 18 heavy (non-hydrogen) atoms. The van der Waals surface area contributed by atoms with Gasteiger partial charge in [0.1, 0.15) is 0 Å². The van der Waals surface area contributed by atoms with E-state index in [-0.39, 0.29) is 5.84 Å². The molecule has 0 fully saturated rings. The second-order valence-corrected chi connectivity index (χ2v) is 3.54. The zero-order valence-electron chi connectivity index (χ0n) is 9.82. The minimum absolute atomic E-state index is 0.0390. The molecule has 0 amide bonds. The van der Waals surface area contributed by atoms with Gasteiger partial charge in [0, 0.05) is 18.5 Å². The van der Waals surface area contributed by atoms with Gasteiger partial charge in [-0.15, -0.1) is 0 Å². The number of nitrogens with two attached hydrogens (primary N) is 1. The highest BCUT2D eigenvalue weighted by atomic mass is 16.5. The first-order valence-corrected chi connectivity index (χ1v) is 5.23. The predicted octanol–water partition coefficient (Wildman–Crippen LogP) is 0.429. The van der Waals surface area contributed by atoms with E-state index >= 15 is 0 Å². The lowest BCUT2D eigenvalue weighted by Crippen LogP contribution is -2.20. The summed E-state index contributed by atoms with van der Waals surface area (Å²) in [6.45, 7) is 0.461. The van der Waals surface area contributed by atoms with Crippen LogP contribution in [0.2, 0.25) is 0 Å². The van der Waals surface area contributed by atoms with Crippen molar-refractivity contribution in [3.63, 3.8) is 0 Å². The molecule has 0 spiro atoms. The summed E-state index contributed by atoms with van der Waals surface area (Å²) in [7, 11) is 1.56. The molecule has 0 aromatic carbocycles. The van der Waals surface area contributed by atoms with Crippen molar-refractivity contribution in [2.24, 2.45) is 10.9 Å². The molecule has 7 nitrogen and oxygen atoms in total. The van der Waals surface area contributed by atoms with E-state index in [0.717, 1.165) is 5.69 Å². The van der Waals surface area contributed by atoms with Crippen molar-refractivity contribution in [3.05, 3.63) is 42.1 Å². The maximum atomic E-state index is 8.65. The molecule has 2 rings (SSSR count). The Morgan fingerprint density at radius 2 is 2.39 bits per heavy atom. The van der Waals surface area contributed by atoms with E-state index in [1.54, 1.807) is 30.1 Å². The van der Waals surface area contributed by atoms with E-state index in [4.69, 9.17) is 15.7 Å². The Hall–Kier alpha value is -2.57. The lowest BCUT2D eigenvalue weighted by molar-refractivity contribution is 0.318. The Bertz CT molecular complexity index is 564. The fourth-order valence-corrected chi connectivity index (χ4v) is 1.55. The molecule has 0 unspecified atom stereocenters. The number of imidazole rings is 1. The Balaban J connectivity index is 2.26.